The van der Waals surface area contributed by atoms with Crippen LogP contribution in [0.1, 0.15) is 30.0 Å². The van der Waals surface area contributed by atoms with Crippen LogP contribution in [-0.4, -0.2) is 24.0 Å². The minimum Gasteiger partial charge on any atom is -0.367 e. The molecule has 3 N–H and O–H groups in total. The Balaban J connectivity index is 1.86. The lowest BCUT2D eigenvalue weighted by molar-refractivity contribution is -0.137. The lowest BCUT2D eigenvalue weighted by atomic mass is 9.98. The van der Waals surface area contributed by atoms with E-state index in [1.165, 1.54) is 0 Å². The Kier molecular flexibility index (Phi) is 5.81. The molecule has 7 heteroatoms. The average molecular weight is 393 g/mol. The number of nitrogens with two attached hydrogens (primary N) is 1. The fourth-order valence-corrected chi connectivity index (χ4v) is 3.40. The number of rotatable bonds is 5. The van der Waals surface area contributed by atoms with Crippen LogP contribution in [0.15, 0.2) is 48.5 Å². The lowest BCUT2D eigenvalue weighted by Crippen LogP contribution is -2.39. The van der Waals surface area contributed by atoms with E-state index in [4.69, 9.17) is 33.7 Å². The Morgan fingerprint density at radius 3 is 2.42 bits per heavy atom. The van der Waals surface area contributed by atoms with Crippen LogP contribution in [0.4, 0.5) is 0 Å². The summed E-state index contributed by atoms with van der Waals surface area (Å²) < 4.78 is 5.47. The first-order valence-electron chi connectivity index (χ1n) is 8.20. The van der Waals surface area contributed by atoms with Gasteiger partial charge in [0.1, 0.15) is 12.2 Å². The molecule has 26 heavy (non-hydrogen) atoms. The van der Waals surface area contributed by atoms with Gasteiger partial charge in [-0.05, 0) is 42.2 Å². The first kappa shape index (κ1) is 18.7. The molecule has 0 spiro atoms. The van der Waals surface area contributed by atoms with Gasteiger partial charge in [0.25, 0.3) is 0 Å². The Bertz CT molecular complexity index is 814. The highest BCUT2D eigenvalue weighted by atomic mass is 35.5. The van der Waals surface area contributed by atoms with Gasteiger partial charge < -0.3 is 15.8 Å². The van der Waals surface area contributed by atoms with Crippen LogP contribution in [0.2, 0.25) is 10.0 Å². The fourth-order valence-electron chi connectivity index (χ4n) is 3.00. The van der Waals surface area contributed by atoms with Crippen molar-refractivity contribution in [3.63, 3.8) is 0 Å². The third-order valence-electron chi connectivity index (χ3n) is 4.32. The third kappa shape index (κ3) is 4.18. The molecule has 136 valence electrons. The maximum absolute atomic E-state index is 12.7. The Morgan fingerprint density at radius 1 is 1.08 bits per heavy atom. The van der Waals surface area contributed by atoms with Crippen molar-refractivity contribution in [2.24, 2.45) is 5.73 Å². The molecule has 1 saturated heterocycles. The van der Waals surface area contributed by atoms with Gasteiger partial charge in [-0.2, -0.15) is 0 Å². The summed E-state index contributed by atoms with van der Waals surface area (Å²) in [4.78, 5) is 24.0. The molecule has 5 nitrogen and oxygen atoms in total. The summed E-state index contributed by atoms with van der Waals surface area (Å²) in [7, 11) is 0. The number of nitrogens with one attached hydrogen (secondary N) is 1. The highest BCUT2D eigenvalue weighted by molar-refractivity contribution is 6.33. The van der Waals surface area contributed by atoms with Gasteiger partial charge in [-0.3, -0.25) is 9.59 Å². The van der Waals surface area contributed by atoms with E-state index in [0.29, 0.717) is 28.5 Å². The number of amides is 2. The van der Waals surface area contributed by atoms with Gasteiger partial charge in [0.05, 0.1) is 6.04 Å². The molecule has 3 rings (SSSR count). The van der Waals surface area contributed by atoms with Crippen molar-refractivity contribution in [3.05, 3.63) is 69.7 Å². The van der Waals surface area contributed by atoms with Crippen LogP contribution in [0.3, 0.4) is 0 Å². The molecule has 1 unspecified atom stereocenters. The molecule has 2 aromatic carbocycles. The second kappa shape index (κ2) is 8.08. The molecular weight excluding hydrogens is 375 g/mol. The number of hydrogen-bond donors (Lipinski definition) is 2. The smallest absolute Gasteiger partial charge is 0.249 e. The average Bonchev–Trinajstić information content (AvgIpc) is 3.13. The van der Waals surface area contributed by atoms with Gasteiger partial charge in [0.15, 0.2) is 0 Å². The summed E-state index contributed by atoms with van der Waals surface area (Å²) in [5.74, 6) is -0.878. The van der Waals surface area contributed by atoms with Crippen molar-refractivity contribution in [1.82, 2.24) is 5.32 Å². The standard InChI is InChI=1S/C19H18Cl2N2O3/c20-12-6-7-14(21)13(10-12)17(11-4-2-1-3-5-11)23-19(25)16-9-8-15(26-16)18(22)24/h1-7,10,15-17H,8-9H2,(H2,22,24)(H,23,25)/t15-,16+,17?/m0/s1. The number of hydrogen-bond acceptors (Lipinski definition) is 3. The van der Waals surface area contributed by atoms with Gasteiger partial charge in [-0.15, -0.1) is 0 Å². The molecule has 2 amide bonds. The molecule has 0 aromatic heterocycles. The van der Waals surface area contributed by atoms with E-state index in [1.807, 2.05) is 30.3 Å². The van der Waals surface area contributed by atoms with E-state index in [-0.39, 0.29) is 5.91 Å². The highest BCUT2D eigenvalue weighted by Crippen LogP contribution is 2.31. The first-order valence-corrected chi connectivity index (χ1v) is 8.96. The molecule has 3 atom stereocenters. The van der Waals surface area contributed by atoms with E-state index >= 15 is 0 Å². The van der Waals surface area contributed by atoms with Gasteiger partial charge in [-0.25, -0.2) is 0 Å². The van der Waals surface area contributed by atoms with Crippen LogP contribution < -0.4 is 11.1 Å². The molecule has 1 fully saturated rings. The zero-order valence-corrected chi connectivity index (χ0v) is 15.3. The fraction of sp³-hybridized carbons (Fsp3) is 0.263. The SMILES string of the molecule is NC(=O)[C@@H]1CC[C@H](C(=O)NC(c2ccccc2)c2cc(Cl)ccc2Cl)O1. The van der Waals surface area contributed by atoms with Crippen molar-refractivity contribution in [2.45, 2.75) is 31.1 Å². The summed E-state index contributed by atoms with van der Waals surface area (Å²) in [6, 6.07) is 14.0. The van der Waals surface area contributed by atoms with E-state index < -0.39 is 24.2 Å². The number of ether oxygens (including phenoxy) is 1. The zero-order valence-electron chi connectivity index (χ0n) is 13.8. The quantitative estimate of drug-likeness (QED) is 0.819. The normalized spacial score (nSPS) is 20.5. The zero-order chi connectivity index (χ0) is 18.7. The molecular formula is C19H18Cl2N2O3. The minimum atomic E-state index is -0.726. The first-order chi connectivity index (χ1) is 12.5. The predicted molar refractivity (Wildman–Crippen MR) is 100.0 cm³/mol. The number of primary amides is 1. The Hall–Kier alpha value is -2.08. The largest absolute Gasteiger partial charge is 0.367 e. The van der Waals surface area contributed by atoms with Gasteiger partial charge in [0, 0.05) is 10.0 Å². The molecule has 2 aromatic rings. The van der Waals surface area contributed by atoms with E-state index in [0.717, 1.165) is 5.56 Å². The van der Waals surface area contributed by atoms with Crippen LogP contribution in [0, 0.1) is 0 Å². The third-order valence-corrected chi connectivity index (χ3v) is 4.90. The molecule has 0 saturated carbocycles. The highest BCUT2D eigenvalue weighted by Gasteiger charge is 2.35. The van der Waals surface area contributed by atoms with Crippen molar-refractivity contribution < 1.29 is 14.3 Å². The van der Waals surface area contributed by atoms with Gasteiger partial charge in [0.2, 0.25) is 11.8 Å². The van der Waals surface area contributed by atoms with Crippen molar-refractivity contribution >= 4 is 35.0 Å². The van der Waals surface area contributed by atoms with Gasteiger partial charge >= 0.3 is 0 Å². The molecule has 0 radical (unpaired) electrons. The molecule has 1 heterocycles. The van der Waals surface area contributed by atoms with E-state index in [2.05, 4.69) is 5.32 Å². The van der Waals surface area contributed by atoms with E-state index in [1.54, 1.807) is 18.2 Å². The summed E-state index contributed by atoms with van der Waals surface area (Å²) >= 11 is 12.5. The van der Waals surface area contributed by atoms with Crippen LogP contribution in [0.25, 0.3) is 0 Å². The van der Waals surface area contributed by atoms with Crippen LogP contribution in [-0.2, 0) is 14.3 Å². The number of halogens is 2. The second-order valence-electron chi connectivity index (χ2n) is 6.11. The number of benzene rings is 2. The molecule has 0 aliphatic carbocycles. The number of carbonyl (C=O) groups excluding carboxylic acids is 2. The minimum absolute atomic E-state index is 0.321. The summed E-state index contributed by atoms with van der Waals surface area (Å²) in [6.45, 7) is 0. The molecule has 0 bridgehead atoms. The summed E-state index contributed by atoms with van der Waals surface area (Å²) in [5.41, 5.74) is 6.79. The van der Waals surface area contributed by atoms with Crippen LogP contribution >= 0.6 is 23.2 Å². The lowest BCUT2D eigenvalue weighted by Gasteiger charge is -2.23. The summed E-state index contributed by atoms with van der Waals surface area (Å²) in [6.07, 6.45) is -0.585. The molecule has 1 aliphatic heterocycles. The molecule has 1 aliphatic rings. The Morgan fingerprint density at radius 2 is 1.77 bits per heavy atom. The maximum Gasteiger partial charge on any atom is 0.249 e. The van der Waals surface area contributed by atoms with E-state index in [9.17, 15) is 9.59 Å². The maximum atomic E-state index is 12.7. The topological polar surface area (TPSA) is 81.4 Å². The Labute approximate surface area is 161 Å². The van der Waals surface area contributed by atoms with Crippen molar-refractivity contribution in [3.8, 4) is 0 Å². The summed E-state index contributed by atoms with van der Waals surface area (Å²) in [5, 5.41) is 3.97. The second-order valence-corrected chi connectivity index (χ2v) is 6.95. The monoisotopic (exact) mass is 392 g/mol. The van der Waals surface area contributed by atoms with Gasteiger partial charge in [-0.1, -0.05) is 53.5 Å². The van der Waals surface area contributed by atoms with Crippen LogP contribution in [0.5, 0.6) is 0 Å². The predicted octanol–water partition coefficient (Wildman–Crippen LogP) is 3.23. The number of carbonyl (C=O) groups is 2. The van der Waals surface area contributed by atoms with Crippen molar-refractivity contribution in [2.75, 3.05) is 0 Å². The van der Waals surface area contributed by atoms with Crippen molar-refractivity contribution in [1.29, 1.82) is 0 Å².